The van der Waals surface area contributed by atoms with Gasteiger partial charge in [0.25, 0.3) is 5.69 Å². The predicted octanol–water partition coefficient (Wildman–Crippen LogP) is 1.82. The molecule has 1 aromatic rings. The first-order chi connectivity index (χ1) is 11.3. The molecule has 1 aromatic carbocycles. The third kappa shape index (κ3) is 2.51. The Balaban J connectivity index is 2.26. The van der Waals surface area contributed by atoms with Gasteiger partial charge in [0.15, 0.2) is 9.84 Å². The number of benzene rings is 1. The fourth-order valence-electron chi connectivity index (χ4n) is 2.99. The number of nitro benzene ring substituents is 1. The third-order valence-corrected chi connectivity index (χ3v) is 5.97. The van der Waals surface area contributed by atoms with Gasteiger partial charge in [-0.25, -0.2) is 8.42 Å². The van der Waals surface area contributed by atoms with Crippen molar-refractivity contribution in [3.8, 4) is 6.07 Å². The normalized spacial score (nSPS) is 22.4. The van der Waals surface area contributed by atoms with Crippen LogP contribution < -0.4 is 5.73 Å². The highest BCUT2D eigenvalue weighted by Gasteiger charge is 2.41. The number of allylic oxidation sites excluding steroid dienone is 3. The zero-order valence-corrected chi connectivity index (χ0v) is 13.2. The van der Waals surface area contributed by atoms with Crippen LogP contribution in [0.4, 0.5) is 5.69 Å². The molecule has 2 aliphatic rings. The van der Waals surface area contributed by atoms with Gasteiger partial charge in [0.05, 0.1) is 21.5 Å². The Labute approximate surface area is 137 Å². The largest absolute Gasteiger partial charge is 0.444 e. The van der Waals surface area contributed by atoms with E-state index in [2.05, 4.69) is 0 Å². The maximum Gasteiger partial charge on any atom is 0.269 e. The topological polar surface area (TPSA) is 136 Å². The van der Waals surface area contributed by atoms with E-state index in [1.165, 1.54) is 18.2 Å². The lowest BCUT2D eigenvalue weighted by atomic mass is 9.88. The van der Waals surface area contributed by atoms with Crippen LogP contribution in [-0.2, 0) is 14.6 Å². The van der Waals surface area contributed by atoms with E-state index in [9.17, 15) is 23.8 Å². The zero-order valence-electron chi connectivity index (χ0n) is 12.4. The molecule has 0 saturated heterocycles. The number of ether oxygens (including phenoxy) is 1. The Morgan fingerprint density at radius 3 is 2.83 bits per heavy atom. The summed E-state index contributed by atoms with van der Waals surface area (Å²) in [5.41, 5.74) is 5.86. The highest BCUT2D eigenvalue weighted by atomic mass is 32.2. The van der Waals surface area contributed by atoms with Gasteiger partial charge >= 0.3 is 0 Å². The number of nitrogens with zero attached hydrogens (tertiary/aromatic N) is 2. The minimum atomic E-state index is -3.64. The number of rotatable bonds is 2. The van der Waals surface area contributed by atoms with E-state index in [0.717, 1.165) is 0 Å². The minimum Gasteiger partial charge on any atom is -0.444 e. The summed E-state index contributed by atoms with van der Waals surface area (Å²) < 4.78 is 30.4. The van der Waals surface area contributed by atoms with E-state index in [1.807, 2.05) is 6.07 Å². The van der Waals surface area contributed by atoms with E-state index in [-0.39, 0.29) is 33.6 Å². The Morgan fingerprint density at radius 2 is 2.17 bits per heavy atom. The third-order valence-electron chi connectivity index (χ3n) is 4.01. The number of nitriles is 1. The van der Waals surface area contributed by atoms with E-state index in [4.69, 9.17) is 10.5 Å². The molecule has 0 spiro atoms. The molecule has 8 nitrogen and oxygen atoms in total. The molecule has 0 radical (unpaired) electrons. The van der Waals surface area contributed by atoms with Crippen molar-refractivity contribution in [1.29, 1.82) is 5.26 Å². The lowest BCUT2D eigenvalue weighted by Crippen LogP contribution is -2.29. The molecular formula is C15H13N3O5S. The molecule has 124 valence electrons. The molecular weight excluding hydrogens is 334 g/mol. The number of hydrogen-bond donors (Lipinski definition) is 1. The second-order valence-electron chi connectivity index (χ2n) is 5.49. The van der Waals surface area contributed by atoms with Crippen LogP contribution in [0.2, 0.25) is 0 Å². The van der Waals surface area contributed by atoms with Crippen molar-refractivity contribution in [2.75, 3.05) is 5.75 Å². The van der Waals surface area contributed by atoms with E-state index in [1.54, 1.807) is 6.07 Å². The summed E-state index contributed by atoms with van der Waals surface area (Å²) in [6.45, 7) is 0. The molecule has 1 atom stereocenters. The molecule has 0 fully saturated rings. The fraction of sp³-hybridized carbons (Fsp3) is 0.267. The van der Waals surface area contributed by atoms with Crippen LogP contribution in [0.3, 0.4) is 0 Å². The smallest absolute Gasteiger partial charge is 0.269 e. The van der Waals surface area contributed by atoms with Gasteiger partial charge < -0.3 is 10.5 Å². The van der Waals surface area contributed by atoms with Crippen LogP contribution in [0, 0.1) is 21.4 Å². The molecule has 24 heavy (non-hydrogen) atoms. The quantitative estimate of drug-likeness (QED) is 0.636. The summed E-state index contributed by atoms with van der Waals surface area (Å²) >= 11 is 0. The highest BCUT2D eigenvalue weighted by molar-refractivity contribution is 7.95. The van der Waals surface area contributed by atoms with Gasteiger partial charge in [-0.05, 0) is 12.0 Å². The van der Waals surface area contributed by atoms with Gasteiger partial charge in [-0.2, -0.15) is 5.26 Å². The number of nitrogens with two attached hydrogens (primary N) is 1. The number of non-ortho nitro benzene ring substituents is 1. The van der Waals surface area contributed by atoms with Crippen molar-refractivity contribution < 1.29 is 18.1 Å². The summed E-state index contributed by atoms with van der Waals surface area (Å²) in [5, 5.41) is 20.4. The average Bonchev–Trinajstić information content (AvgIpc) is 2.53. The van der Waals surface area contributed by atoms with Crippen molar-refractivity contribution in [2.24, 2.45) is 5.73 Å². The van der Waals surface area contributed by atoms with Gasteiger partial charge in [0, 0.05) is 18.6 Å². The van der Waals surface area contributed by atoms with Crippen molar-refractivity contribution in [3.05, 3.63) is 62.1 Å². The fourth-order valence-corrected chi connectivity index (χ4v) is 4.84. The molecule has 0 amide bonds. The summed E-state index contributed by atoms with van der Waals surface area (Å²) in [4.78, 5) is 10.4. The maximum absolute atomic E-state index is 12.5. The molecule has 3 rings (SSSR count). The van der Waals surface area contributed by atoms with E-state index < -0.39 is 20.7 Å². The van der Waals surface area contributed by atoms with Crippen molar-refractivity contribution in [3.63, 3.8) is 0 Å². The Kier molecular flexibility index (Phi) is 3.77. The van der Waals surface area contributed by atoms with Gasteiger partial charge in [-0.1, -0.05) is 12.1 Å². The number of hydrogen-bond acceptors (Lipinski definition) is 7. The predicted molar refractivity (Wildman–Crippen MR) is 83.8 cm³/mol. The monoisotopic (exact) mass is 347 g/mol. The van der Waals surface area contributed by atoms with Crippen LogP contribution in [0.1, 0.15) is 24.3 Å². The molecule has 0 bridgehead atoms. The maximum atomic E-state index is 12.5. The summed E-state index contributed by atoms with van der Waals surface area (Å²) in [5.74, 6) is -0.984. The van der Waals surface area contributed by atoms with E-state index in [0.29, 0.717) is 18.4 Å². The lowest BCUT2D eigenvalue weighted by Gasteiger charge is -2.31. The second kappa shape index (κ2) is 5.65. The SMILES string of the molecule is N#CC1=C(N)OC2=C(C1c1cccc([N+](=O)[O-])c1)S(=O)(=O)CCC2. The van der Waals surface area contributed by atoms with Crippen LogP contribution in [0.25, 0.3) is 0 Å². The minimum absolute atomic E-state index is 0.0139. The molecule has 2 aliphatic heterocycles. The van der Waals surface area contributed by atoms with Crippen LogP contribution in [0.15, 0.2) is 46.4 Å². The Hall–Kier alpha value is -2.86. The van der Waals surface area contributed by atoms with Crippen molar-refractivity contribution in [1.82, 2.24) is 0 Å². The lowest BCUT2D eigenvalue weighted by molar-refractivity contribution is -0.384. The summed E-state index contributed by atoms with van der Waals surface area (Å²) in [6.07, 6.45) is 0.789. The van der Waals surface area contributed by atoms with Gasteiger partial charge in [0.2, 0.25) is 5.88 Å². The Morgan fingerprint density at radius 1 is 1.42 bits per heavy atom. The van der Waals surface area contributed by atoms with E-state index >= 15 is 0 Å². The molecule has 2 N–H and O–H groups in total. The number of nitro groups is 1. The van der Waals surface area contributed by atoms with Gasteiger partial charge in [-0.15, -0.1) is 0 Å². The number of sulfone groups is 1. The molecule has 9 heteroatoms. The first kappa shape index (κ1) is 16.0. The molecule has 0 saturated carbocycles. The molecule has 0 aromatic heterocycles. The molecule has 1 unspecified atom stereocenters. The highest BCUT2D eigenvalue weighted by Crippen LogP contribution is 2.45. The van der Waals surface area contributed by atoms with Crippen LogP contribution >= 0.6 is 0 Å². The van der Waals surface area contributed by atoms with Gasteiger partial charge in [0.1, 0.15) is 17.4 Å². The molecule has 2 heterocycles. The zero-order chi connectivity index (χ0) is 17.5. The Bertz CT molecular complexity index is 940. The van der Waals surface area contributed by atoms with Crippen LogP contribution in [0.5, 0.6) is 0 Å². The first-order valence-electron chi connectivity index (χ1n) is 7.13. The van der Waals surface area contributed by atoms with Crippen molar-refractivity contribution in [2.45, 2.75) is 18.8 Å². The van der Waals surface area contributed by atoms with Gasteiger partial charge in [-0.3, -0.25) is 10.1 Å². The summed E-state index contributed by atoms with van der Waals surface area (Å²) in [6, 6.07) is 7.43. The standard InChI is InChI=1S/C15H13N3O5S/c16-8-11-13(9-3-1-4-10(7-9)18(19)20)14-12(23-15(11)17)5-2-6-24(14,21)22/h1,3-4,7,13H,2,5-6,17H2. The summed E-state index contributed by atoms with van der Waals surface area (Å²) in [7, 11) is -3.64. The first-order valence-corrected chi connectivity index (χ1v) is 8.78. The second-order valence-corrected chi connectivity index (χ2v) is 7.56. The van der Waals surface area contributed by atoms with Crippen molar-refractivity contribution >= 4 is 15.5 Å². The van der Waals surface area contributed by atoms with Crippen LogP contribution in [-0.4, -0.2) is 19.1 Å². The molecule has 0 aliphatic carbocycles. The average molecular weight is 347 g/mol.